The molecule has 0 aliphatic rings. The molecule has 4 rings (SSSR count). The lowest BCUT2D eigenvalue weighted by molar-refractivity contribution is 0.482. The van der Waals surface area contributed by atoms with Crippen molar-refractivity contribution in [2.75, 3.05) is 0 Å². The van der Waals surface area contributed by atoms with Gasteiger partial charge in [0.25, 0.3) is 0 Å². The highest BCUT2D eigenvalue weighted by atomic mass is 16.3. The van der Waals surface area contributed by atoms with Crippen LogP contribution in [0.4, 0.5) is 0 Å². The summed E-state index contributed by atoms with van der Waals surface area (Å²) in [6.45, 7) is 4.26. The molecule has 112 valence electrons. The SMILES string of the molecule is Cc1ccc2c(ccc3cc(-c4ccccc4)cc(O)c32)c1C. The first-order chi connectivity index (χ1) is 11.1. The third-order valence-corrected chi connectivity index (χ3v) is 4.74. The Morgan fingerprint density at radius 3 is 2.22 bits per heavy atom. The number of phenolic OH excluding ortho intramolecular Hbond substituents is 1. The summed E-state index contributed by atoms with van der Waals surface area (Å²) >= 11 is 0. The average Bonchev–Trinajstić information content (AvgIpc) is 2.58. The summed E-state index contributed by atoms with van der Waals surface area (Å²) in [6, 6.07) is 22.7. The first kappa shape index (κ1) is 13.8. The molecule has 0 amide bonds. The van der Waals surface area contributed by atoms with Gasteiger partial charge in [0.15, 0.2) is 0 Å². The predicted molar refractivity (Wildman–Crippen MR) is 98.0 cm³/mol. The molecule has 0 spiro atoms. The van der Waals surface area contributed by atoms with Crippen molar-refractivity contribution in [1.82, 2.24) is 0 Å². The number of hydrogen-bond acceptors (Lipinski definition) is 1. The minimum absolute atomic E-state index is 0.343. The maximum Gasteiger partial charge on any atom is 0.124 e. The van der Waals surface area contributed by atoms with Gasteiger partial charge in [-0.05, 0) is 64.4 Å². The van der Waals surface area contributed by atoms with E-state index < -0.39 is 0 Å². The standard InChI is InChI=1S/C22H18O/c1-14-8-10-20-19(15(14)2)11-9-17-12-18(13-21(23)22(17)20)16-6-4-3-5-7-16/h3-13,23H,1-2H3. The van der Waals surface area contributed by atoms with E-state index >= 15 is 0 Å². The molecular weight excluding hydrogens is 280 g/mol. The van der Waals surface area contributed by atoms with Crippen molar-refractivity contribution < 1.29 is 5.11 Å². The largest absolute Gasteiger partial charge is 0.507 e. The molecule has 1 N–H and O–H groups in total. The number of fused-ring (bicyclic) bond motifs is 3. The second-order valence-electron chi connectivity index (χ2n) is 6.13. The van der Waals surface area contributed by atoms with Gasteiger partial charge in [0.1, 0.15) is 5.75 Å². The van der Waals surface area contributed by atoms with Crippen LogP contribution in [0.25, 0.3) is 32.7 Å². The Morgan fingerprint density at radius 1 is 0.696 bits per heavy atom. The van der Waals surface area contributed by atoms with Crippen LogP contribution in [0.1, 0.15) is 11.1 Å². The van der Waals surface area contributed by atoms with Gasteiger partial charge < -0.3 is 5.11 Å². The normalized spacial score (nSPS) is 11.2. The van der Waals surface area contributed by atoms with Gasteiger partial charge in [-0.15, -0.1) is 0 Å². The van der Waals surface area contributed by atoms with Crippen molar-refractivity contribution in [1.29, 1.82) is 0 Å². The number of hydrogen-bond donors (Lipinski definition) is 1. The lowest BCUT2D eigenvalue weighted by atomic mass is 9.93. The van der Waals surface area contributed by atoms with Crippen LogP contribution in [0, 0.1) is 13.8 Å². The van der Waals surface area contributed by atoms with E-state index in [9.17, 15) is 5.11 Å². The Hall–Kier alpha value is -2.80. The van der Waals surface area contributed by atoms with Gasteiger partial charge in [0.05, 0.1) is 0 Å². The van der Waals surface area contributed by atoms with Crippen molar-refractivity contribution in [2.24, 2.45) is 0 Å². The molecule has 23 heavy (non-hydrogen) atoms. The van der Waals surface area contributed by atoms with Crippen LogP contribution in [0.15, 0.2) is 66.7 Å². The monoisotopic (exact) mass is 298 g/mol. The fourth-order valence-corrected chi connectivity index (χ4v) is 3.31. The molecule has 0 bridgehead atoms. The quantitative estimate of drug-likeness (QED) is 0.428. The molecule has 0 saturated heterocycles. The third-order valence-electron chi connectivity index (χ3n) is 4.74. The van der Waals surface area contributed by atoms with Crippen molar-refractivity contribution in [3.8, 4) is 16.9 Å². The van der Waals surface area contributed by atoms with E-state index in [-0.39, 0.29) is 0 Å². The molecule has 0 atom stereocenters. The summed E-state index contributed by atoms with van der Waals surface area (Å²) in [5, 5.41) is 15.0. The van der Waals surface area contributed by atoms with Gasteiger partial charge in [-0.2, -0.15) is 0 Å². The van der Waals surface area contributed by atoms with Crippen LogP contribution in [-0.2, 0) is 0 Å². The Bertz CT molecular complexity index is 1030. The smallest absolute Gasteiger partial charge is 0.124 e. The van der Waals surface area contributed by atoms with Crippen molar-refractivity contribution in [3.63, 3.8) is 0 Å². The highest BCUT2D eigenvalue weighted by Crippen LogP contribution is 2.37. The van der Waals surface area contributed by atoms with Crippen molar-refractivity contribution in [2.45, 2.75) is 13.8 Å². The minimum atomic E-state index is 0.343. The van der Waals surface area contributed by atoms with E-state index in [1.165, 1.54) is 16.5 Å². The van der Waals surface area contributed by atoms with E-state index in [0.717, 1.165) is 27.3 Å². The third kappa shape index (κ3) is 2.17. The second-order valence-corrected chi connectivity index (χ2v) is 6.13. The number of aromatic hydroxyl groups is 1. The van der Waals surface area contributed by atoms with Gasteiger partial charge >= 0.3 is 0 Å². The minimum Gasteiger partial charge on any atom is -0.507 e. The lowest BCUT2D eigenvalue weighted by Gasteiger charge is -2.12. The average molecular weight is 298 g/mol. The molecule has 0 radical (unpaired) electrons. The van der Waals surface area contributed by atoms with Gasteiger partial charge in [0.2, 0.25) is 0 Å². The molecule has 1 nitrogen and oxygen atoms in total. The van der Waals surface area contributed by atoms with Crippen LogP contribution < -0.4 is 0 Å². The zero-order chi connectivity index (χ0) is 16.0. The molecule has 0 aromatic heterocycles. The maximum absolute atomic E-state index is 10.7. The summed E-state index contributed by atoms with van der Waals surface area (Å²) < 4.78 is 0. The van der Waals surface area contributed by atoms with Crippen molar-refractivity contribution >= 4 is 21.5 Å². The molecule has 0 aliphatic heterocycles. The van der Waals surface area contributed by atoms with Gasteiger partial charge in [-0.1, -0.05) is 54.6 Å². The highest BCUT2D eigenvalue weighted by molar-refractivity contribution is 6.12. The number of benzene rings is 4. The van der Waals surface area contributed by atoms with Crippen molar-refractivity contribution in [3.05, 3.63) is 77.9 Å². The molecule has 1 heteroatoms. The van der Waals surface area contributed by atoms with Gasteiger partial charge in [0, 0.05) is 5.39 Å². The predicted octanol–water partition coefficient (Wildman–Crippen LogP) is 5.98. The van der Waals surface area contributed by atoms with E-state index in [1.54, 1.807) is 0 Å². The topological polar surface area (TPSA) is 20.2 Å². The summed E-state index contributed by atoms with van der Waals surface area (Å²) in [6.07, 6.45) is 0. The summed E-state index contributed by atoms with van der Waals surface area (Å²) in [5.74, 6) is 0.343. The van der Waals surface area contributed by atoms with Crippen LogP contribution >= 0.6 is 0 Å². The molecule has 4 aromatic carbocycles. The number of phenols is 1. The van der Waals surface area contributed by atoms with E-state index in [4.69, 9.17) is 0 Å². The maximum atomic E-state index is 10.7. The molecule has 0 aliphatic carbocycles. The summed E-state index contributed by atoms with van der Waals surface area (Å²) in [7, 11) is 0. The highest BCUT2D eigenvalue weighted by Gasteiger charge is 2.10. The summed E-state index contributed by atoms with van der Waals surface area (Å²) in [5.41, 5.74) is 4.71. The molecule has 4 aromatic rings. The Labute approximate surface area is 135 Å². The first-order valence-electron chi connectivity index (χ1n) is 7.86. The molecule has 0 saturated carbocycles. The first-order valence-corrected chi connectivity index (χ1v) is 7.86. The van der Waals surface area contributed by atoms with E-state index in [2.05, 4.69) is 56.3 Å². The molecule has 0 heterocycles. The van der Waals surface area contributed by atoms with Crippen LogP contribution in [0.5, 0.6) is 5.75 Å². The Morgan fingerprint density at radius 2 is 1.43 bits per heavy atom. The summed E-state index contributed by atoms with van der Waals surface area (Å²) in [4.78, 5) is 0. The lowest BCUT2D eigenvalue weighted by Crippen LogP contribution is -1.87. The van der Waals surface area contributed by atoms with Crippen LogP contribution in [0.2, 0.25) is 0 Å². The van der Waals surface area contributed by atoms with Crippen LogP contribution in [-0.4, -0.2) is 5.11 Å². The molecular formula is C22H18O. The second kappa shape index (κ2) is 5.13. The number of rotatable bonds is 1. The Kier molecular flexibility index (Phi) is 3.09. The molecule has 0 fully saturated rings. The number of aryl methyl sites for hydroxylation is 2. The fourth-order valence-electron chi connectivity index (χ4n) is 3.31. The van der Waals surface area contributed by atoms with Gasteiger partial charge in [-0.25, -0.2) is 0 Å². The Balaban J connectivity index is 2.06. The zero-order valence-electron chi connectivity index (χ0n) is 13.3. The van der Waals surface area contributed by atoms with Crippen LogP contribution in [0.3, 0.4) is 0 Å². The van der Waals surface area contributed by atoms with E-state index in [0.29, 0.717) is 5.75 Å². The van der Waals surface area contributed by atoms with E-state index in [1.807, 2.05) is 24.3 Å². The zero-order valence-corrected chi connectivity index (χ0v) is 13.3. The van der Waals surface area contributed by atoms with Gasteiger partial charge in [-0.3, -0.25) is 0 Å². The molecule has 0 unspecified atom stereocenters. The fraction of sp³-hybridized carbons (Fsp3) is 0.0909.